The van der Waals surface area contributed by atoms with Crippen molar-refractivity contribution in [1.29, 1.82) is 0 Å². The number of rotatable bonds is 6. The summed E-state index contributed by atoms with van der Waals surface area (Å²) in [6, 6.07) is 80.2. The number of fused-ring (bicyclic) bond motifs is 8. The van der Waals surface area contributed by atoms with Gasteiger partial charge in [0.1, 0.15) is 11.2 Å². The number of aliphatic imine (C=N–C) groups is 2. The maximum Gasteiger partial charge on any atom is 0.160 e. The molecule has 2 heterocycles. The Kier molecular flexibility index (Phi) is 8.92. The van der Waals surface area contributed by atoms with Crippen LogP contribution in [-0.2, 0) is 0 Å². The van der Waals surface area contributed by atoms with Crippen LogP contribution in [0.1, 0.15) is 23.1 Å². The molecule has 3 heteroatoms. The third kappa shape index (κ3) is 6.28. The van der Waals surface area contributed by atoms with Gasteiger partial charge in [-0.25, -0.2) is 9.98 Å². The van der Waals surface area contributed by atoms with E-state index in [1.807, 2.05) is 0 Å². The molecule has 3 nitrogen and oxygen atoms in total. The number of furan rings is 1. The van der Waals surface area contributed by atoms with E-state index in [1.54, 1.807) is 0 Å². The Morgan fingerprint density at radius 3 is 1.73 bits per heavy atom. The molecule has 11 aromatic carbocycles. The molecular formula is C63H40N2O. The van der Waals surface area contributed by atoms with Crippen molar-refractivity contribution >= 4 is 82.3 Å². The molecule has 0 saturated heterocycles. The van der Waals surface area contributed by atoms with Gasteiger partial charge in [-0.3, -0.25) is 0 Å². The maximum absolute atomic E-state index is 6.92. The van der Waals surface area contributed by atoms with Crippen molar-refractivity contribution in [2.75, 3.05) is 0 Å². The molecule has 1 aliphatic heterocycles. The van der Waals surface area contributed by atoms with E-state index in [0.717, 1.165) is 77.5 Å². The largest absolute Gasteiger partial charge is 0.455 e. The van der Waals surface area contributed by atoms with Gasteiger partial charge in [-0.05, 0) is 100 Å². The molecule has 0 aliphatic carbocycles. The average Bonchev–Trinajstić information content (AvgIpc) is 3.64. The van der Waals surface area contributed by atoms with Crippen LogP contribution in [0, 0.1) is 0 Å². The fraction of sp³-hybridized carbons (Fsp3) is 0.0159. The summed E-state index contributed by atoms with van der Waals surface area (Å²) in [5, 5.41) is 11.8. The highest BCUT2D eigenvalue weighted by Crippen LogP contribution is 2.45. The number of hydrogen-bond acceptors (Lipinski definition) is 3. The molecule has 13 rings (SSSR count). The molecule has 1 aromatic heterocycles. The van der Waals surface area contributed by atoms with E-state index in [1.165, 1.54) is 49.0 Å². The van der Waals surface area contributed by atoms with Crippen LogP contribution in [0.5, 0.6) is 0 Å². The molecule has 66 heavy (non-hydrogen) atoms. The van der Waals surface area contributed by atoms with Gasteiger partial charge < -0.3 is 4.42 Å². The standard InChI is InChI=1S/C63H40N2O/c1-2-16-42(17-3-1)58-37-38-59(43-33-31-41(32-34-43)46-26-12-19-40-15-4-6-20-45(40)46)65-63(64-58)55-36-35-52(49-23-9-10-24-50(49)55)53-27-14-30-60-61(53)56-29-13-28-54(62(56)66-60)57-39-44-18-5-7-21-47(44)48-22-8-11-25-51(48)57/h1-36,38-39H,37H2. The van der Waals surface area contributed by atoms with Crippen LogP contribution < -0.4 is 0 Å². The van der Waals surface area contributed by atoms with Crippen LogP contribution in [0.15, 0.2) is 245 Å². The molecule has 308 valence electrons. The van der Waals surface area contributed by atoms with Gasteiger partial charge in [-0.1, -0.05) is 212 Å². The minimum absolute atomic E-state index is 0.653. The fourth-order valence-electron chi connectivity index (χ4n) is 10.3. The Labute approximate surface area is 382 Å². The molecule has 0 spiro atoms. The van der Waals surface area contributed by atoms with Crippen molar-refractivity contribution in [2.24, 2.45) is 9.98 Å². The SMILES string of the molecule is C1=C(c2ccc(-c3cccc4ccccc34)cc2)N=C(c2ccc(-c3cccc4oc5c(-c6cc7ccccc7c7ccccc67)cccc5c34)c3ccccc23)N=C(c2ccccc2)C1. The number of benzene rings is 11. The molecule has 0 saturated carbocycles. The summed E-state index contributed by atoms with van der Waals surface area (Å²) in [5.41, 5.74) is 13.7. The Morgan fingerprint density at radius 1 is 0.333 bits per heavy atom. The van der Waals surface area contributed by atoms with Crippen LogP contribution in [0.3, 0.4) is 0 Å². The van der Waals surface area contributed by atoms with Gasteiger partial charge in [0.25, 0.3) is 0 Å². The van der Waals surface area contributed by atoms with Gasteiger partial charge in [0.15, 0.2) is 5.84 Å². The van der Waals surface area contributed by atoms with Crippen LogP contribution in [0.25, 0.3) is 104 Å². The van der Waals surface area contributed by atoms with Crippen LogP contribution in [0.2, 0.25) is 0 Å². The minimum Gasteiger partial charge on any atom is -0.455 e. The van der Waals surface area contributed by atoms with Crippen molar-refractivity contribution in [3.63, 3.8) is 0 Å². The average molecular weight is 841 g/mol. The second-order valence-corrected chi connectivity index (χ2v) is 17.1. The number of para-hydroxylation sites is 1. The zero-order valence-electron chi connectivity index (χ0n) is 35.9. The first kappa shape index (κ1) is 37.9. The van der Waals surface area contributed by atoms with Crippen molar-refractivity contribution in [3.8, 4) is 33.4 Å². The normalized spacial score (nSPS) is 13.1. The molecule has 0 N–H and O–H groups in total. The van der Waals surface area contributed by atoms with Gasteiger partial charge in [0.2, 0.25) is 0 Å². The lowest BCUT2D eigenvalue weighted by atomic mass is 9.90. The predicted molar refractivity (Wildman–Crippen MR) is 279 cm³/mol. The molecule has 0 radical (unpaired) electrons. The molecule has 0 atom stereocenters. The fourth-order valence-corrected chi connectivity index (χ4v) is 10.3. The summed E-state index contributed by atoms with van der Waals surface area (Å²) in [7, 11) is 0. The zero-order valence-corrected chi connectivity index (χ0v) is 35.9. The lowest BCUT2D eigenvalue weighted by Crippen LogP contribution is -2.05. The number of hydrogen-bond donors (Lipinski definition) is 0. The van der Waals surface area contributed by atoms with E-state index in [-0.39, 0.29) is 0 Å². The summed E-state index contributed by atoms with van der Waals surface area (Å²) in [5.74, 6) is 0.692. The number of amidine groups is 1. The van der Waals surface area contributed by atoms with Gasteiger partial charge in [-0.15, -0.1) is 0 Å². The zero-order chi connectivity index (χ0) is 43.6. The van der Waals surface area contributed by atoms with Crippen molar-refractivity contribution in [2.45, 2.75) is 6.42 Å². The van der Waals surface area contributed by atoms with Crippen molar-refractivity contribution in [1.82, 2.24) is 0 Å². The van der Waals surface area contributed by atoms with E-state index in [9.17, 15) is 0 Å². The predicted octanol–water partition coefficient (Wildman–Crippen LogP) is 16.9. The third-order valence-corrected chi connectivity index (χ3v) is 13.4. The second-order valence-electron chi connectivity index (χ2n) is 17.1. The molecule has 0 amide bonds. The van der Waals surface area contributed by atoms with E-state index >= 15 is 0 Å². The highest BCUT2D eigenvalue weighted by Gasteiger charge is 2.21. The first-order valence-corrected chi connectivity index (χ1v) is 22.6. The summed E-state index contributed by atoms with van der Waals surface area (Å²) >= 11 is 0. The maximum atomic E-state index is 6.92. The Hall–Kier alpha value is -8.66. The van der Waals surface area contributed by atoms with Crippen LogP contribution in [0.4, 0.5) is 0 Å². The smallest absolute Gasteiger partial charge is 0.160 e. The van der Waals surface area contributed by atoms with E-state index in [2.05, 4.69) is 231 Å². The molecule has 0 unspecified atom stereocenters. The Bertz CT molecular complexity index is 4000. The van der Waals surface area contributed by atoms with E-state index in [4.69, 9.17) is 14.4 Å². The first-order valence-electron chi connectivity index (χ1n) is 22.6. The Balaban J connectivity index is 0.952. The molecule has 12 aromatic rings. The van der Waals surface area contributed by atoms with E-state index in [0.29, 0.717) is 12.3 Å². The summed E-state index contributed by atoms with van der Waals surface area (Å²) < 4.78 is 6.92. The van der Waals surface area contributed by atoms with Gasteiger partial charge in [0.05, 0.1) is 11.4 Å². The highest BCUT2D eigenvalue weighted by molar-refractivity contribution is 6.24. The highest BCUT2D eigenvalue weighted by atomic mass is 16.3. The summed E-state index contributed by atoms with van der Waals surface area (Å²) in [6.07, 6.45) is 2.88. The third-order valence-electron chi connectivity index (χ3n) is 13.4. The molecular weight excluding hydrogens is 801 g/mol. The first-order chi connectivity index (χ1) is 32.7. The van der Waals surface area contributed by atoms with E-state index < -0.39 is 0 Å². The molecule has 1 aliphatic rings. The second kappa shape index (κ2) is 15.5. The quantitative estimate of drug-likeness (QED) is 0.154. The van der Waals surface area contributed by atoms with Gasteiger partial charge >= 0.3 is 0 Å². The van der Waals surface area contributed by atoms with Crippen LogP contribution in [-0.4, -0.2) is 11.5 Å². The van der Waals surface area contributed by atoms with Crippen molar-refractivity contribution in [3.05, 3.63) is 247 Å². The number of allylic oxidation sites excluding steroid dienone is 1. The summed E-state index contributed by atoms with van der Waals surface area (Å²) in [6.45, 7) is 0. The molecule has 0 fully saturated rings. The van der Waals surface area contributed by atoms with Gasteiger partial charge in [0, 0.05) is 28.3 Å². The number of nitrogens with zero attached hydrogens (tertiary/aromatic N) is 2. The van der Waals surface area contributed by atoms with Crippen molar-refractivity contribution < 1.29 is 4.42 Å². The lowest BCUT2D eigenvalue weighted by molar-refractivity contribution is 0.670. The van der Waals surface area contributed by atoms with Gasteiger partial charge in [-0.2, -0.15) is 0 Å². The summed E-state index contributed by atoms with van der Waals surface area (Å²) in [4.78, 5) is 10.8. The topological polar surface area (TPSA) is 37.9 Å². The minimum atomic E-state index is 0.653. The Morgan fingerprint density at radius 2 is 0.909 bits per heavy atom. The van der Waals surface area contributed by atoms with Crippen LogP contribution >= 0.6 is 0 Å². The molecule has 0 bridgehead atoms. The monoisotopic (exact) mass is 840 g/mol. The lowest BCUT2D eigenvalue weighted by Gasteiger charge is -2.14.